The minimum atomic E-state index is -0.248. The molecule has 10 heteroatoms. The molecular weight excluding hydrogens is 681 g/mol. The van der Waals surface area contributed by atoms with Crippen LogP contribution in [0.25, 0.3) is 0 Å². The molecule has 0 spiro atoms. The van der Waals surface area contributed by atoms with Crippen molar-refractivity contribution in [2.24, 2.45) is 22.4 Å². The van der Waals surface area contributed by atoms with E-state index >= 15 is 0 Å². The Bertz CT molecular complexity index is 1380. The number of nitrogens with two attached hydrogens (primary N) is 4. The summed E-state index contributed by atoms with van der Waals surface area (Å²) in [5.74, 6) is 6.62. The molecule has 2 aromatic carbocycles. The fourth-order valence-corrected chi connectivity index (χ4v) is 3.69. The maximum absolute atomic E-state index is 13.1. The van der Waals surface area contributed by atoms with Crippen LogP contribution >= 0.6 is 12.2 Å². The van der Waals surface area contributed by atoms with Crippen molar-refractivity contribution in [1.29, 1.82) is 0 Å². The summed E-state index contributed by atoms with van der Waals surface area (Å²) in [7, 11) is 1.60. The molecule has 0 bridgehead atoms. The van der Waals surface area contributed by atoms with Gasteiger partial charge in [-0.3, -0.25) is 14.9 Å². The average molecular weight is 757 g/mol. The molecule has 0 aromatic heterocycles. The molecule has 0 aliphatic heterocycles. The number of hydrogen-bond donors (Lipinski definition) is 6. The monoisotopic (exact) mass is 757 g/mol. The van der Waals surface area contributed by atoms with Crippen LogP contribution in [0.4, 0.5) is 11.4 Å². The van der Waals surface area contributed by atoms with Gasteiger partial charge in [0.2, 0.25) is 0 Å². The number of ether oxygens (including phenoxy) is 1. The van der Waals surface area contributed by atoms with Crippen molar-refractivity contribution in [2.75, 3.05) is 17.4 Å². The number of aryl methyl sites for hydroxylation is 2. The molecule has 0 radical (unpaired) electrons. The van der Waals surface area contributed by atoms with E-state index in [1.807, 2.05) is 84.9 Å². The first-order valence-electron chi connectivity index (χ1n) is 18.3. The highest BCUT2D eigenvalue weighted by Gasteiger charge is 2.20. The number of carbonyl (C=O) groups is 1. The minimum absolute atomic E-state index is 0.0658. The Balaban J connectivity index is -0.000000467. The van der Waals surface area contributed by atoms with Gasteiger partial charge in [0.15, 0.2) is 0 Å². The molecule has 0 saturated heterocycles. The van der Waals surface area contributed by atoms with Gasteiger partial charge in [-0.2, -0.15) is 0 Å². The normalized spacial score (nSPS) is 11.0. The maximum atomic E-state index is 13.1. The van der Waals surface area contributed by atoms with E-state index in [0.29, 0.717) is 40.8 Å². The third-order valence-electron chi connectivity index (χ3n) is 6.85. The minimum Gasteiger partial charge on any atom is -0.494 e. The van der Waals surface area contributed by atoms with Crippen molar-refractivity contribution < 1.29 is 14.1 Å². The van der Waals surface area contributed by atoms with E-state index < -0.39 is 0 Å². The number of nitrogens with zero attached hydrogens (tertiary/aromatic N) is 1. The van der Waals surface area contributed by atoms with Gasteiger partial charge in [-0.05, 0) is 81.3 Å². The quantitative estimate of drug-likeness (QED) is 0.0327. The van der Waals surface area contributed by atoms with E-state index in [-0.39, 0.29) is 23.6 Å². The fourth-order valence-electron chi connectivity index (χ4n) is 3.69. The first kappa shape index (κ1) is 55.9. The predicted octanol–water partition coefficient (Wildman–Crippen LogP) is 11.3. The Morgan fingerprint density at radius 1 is 1.06 bits per heavy atom. The van der Waals surface area contributed by atoms with Crippen molar-refractivity contribution in [2.45, 2.75) is 127 Å². The SMILES string of the molecule is C=C(C)C/C(N)=C/N(N)c1cc(C(=O)Nc2cc(C(C)(C)C)cc(C)c2OC)ccc1C.C=C/C=C\C=C/C.CC.CCC(C)N.CCCC.NSO. The van der Waals surface area contributed by atoms with Gasteiger partial charge < -0.3 is 26.1 Å². The second kappa shape index (κ2) is 34.0. The second-order valence-corrected chi connectivity index (χ2v) is 13.2. The number of allylic oxidation sites excluding steroid dienone is 6. The third-order valence-corrected chi connectivity index (χ3v) is 6.85. The lowest BCUT2D eigenvalue weighted by atomic mass is 9.85. The Labute approximate surface area is 329 Å². The van der Waals surface area contributed by atoms with Crippen LogP contribution in [-0.2, 0) is 5.41 Å². The second-order valence-electron chi connectivity index (χ2n) is 13.0. The van der Waals surface area contributed by atoms with Crippen LogP contribution in [0.2, 0.25) is 0 Å². The number of benzene rings is 2. The number of nitrogens with one attached hydrogen (secondary N) is 1. The number of unbranched alkanes of at least 4 members (excludes halogenated alkanes) is 1. The molecule has 1 unspecified atom stereocenters. The van der Waals surface area contributed by atoms with E-state index in [4.69, 9.17) is 26.6 Å². The number of amides is 1. The van der Waals surface area contributed by atoms with Crippen LogP contribution in [0.3, 0.4) is 0 Å². The molecule has 0 aliphatic carbocycles. The highest BCUT2D eigenvalue weighted by Crippen LogP contribution is 2.35. The topological polar surface area (TPSA) is 166 Å². The van der Waals surface area contributed by atoms with Crippen LogP contribution in [-0.4, -0.2) is 23.6 Å². The van der Waals surface area contributed by atoms with E-state index in [9.17, 15) is 4.79 Å². The molecule has 0 aliphatic rings. The zero-order chi connectivity index (χ0) is 42.2. The smallest absolute Gasteiger partial charge is 0.255 e. The summed E-state index contributed by atoms with van der Waals surface area (Å²) in [5.41, 5.74) is 17.6. The van der Waals surface area contributed by atoms with Crippen LogP contribution in [0.1, 0.15) is 129 Å². The molecule has 53 heavy (non-hydrogen) atoms. The number of hydrogen-bond acceptors (Lipinski definition) is 9. The summed E-state index contributed by atoms with van der Waals surface area (Å²) in [6.07, 6.45) is 15.4. The highest BCUT2D eigenvalue weighted by atomic mass is 32.2. The number of methoxy groups -OCH3 is 1. The van der Waals surface area contributed by atoms with E-state index in [1.165, 1.54) is 17.9 Å². The largest absolute Gasteiger partial charge is 0.494 e. The molecule has 1 amide bonds. The van der Waals surface area contributed by atoms with Gasteiger partial charge in [0.25, 0.3) is 5.91 Å². The molecule has 2 aromatic rings. The van der Waals surface area contributed by atoms with Gasteiger partial charge in [0.1, 0.15) is 5.75 Å². The number of carbonyl (C=O) groups excluding carboxylic acids is 1. The molecule has 2 rings (SSSR count). The zero-order valence-corrected chi connectivity index (χ0v) is 36.4. The lowest BCUT2D eigenvalue weighted by Crippen LogP contribution is -2.27. The van der Waals surface area contributed by atoms with Gasteiger partial charge in [-0.1, -0.05) is 129 Å². The maximum Gasteiger partial charge on any atom is 0.255 e. The molecule has 0 heterocycles. The lowest BCUT2D eigenvalue weighted by Gasteiger charge is -2.23. The standard InChI is InChI=1S/C26H36N4O2.C7H10.C4H11N.C4H10.C2H6.H3NOS/c1-16(2)11-21(27)15-30(28)23-13-19(10-9-17(23)3)25(31)29-22-14-20(26(5,6)7)12-18(4)24(22)32-8;1-3-5-7-6-4-2;1-3-4(2)5;1-3-4-2;1-2;1-3-2/h9-10,12-15H,1,11,27-28H2,2-8H3,(H,29,31);3-7H,1H2,2H3;4H,3,5H2,1-2H3;3-4H2,1-2H3;1-2H3;2H,1H2/b21-15-;6-4-,7-5-;;;;. The Hall–Kier alpha value is -3.80. The van der Waals surface area contributed by atoms with Crippen LogP contribution in [0.5, 0.6) is 5.75 Å². The summed E-state index contributed by atoms with van der Waals surface area (Å²) in [4.78, 5) is 13.1. The van der Waals surface area contributed by atoms with Crippen molar-refractivity contribution >= 4 is 29.5 Å². The summed E-state index contributed by atoms with van der Waals surface area (Å²) in [6.45, 7) is 34.0. The Morgan fingerprint density at radius 2 is 1.58 bits per heavy atom. The number of anilines is 2. The summed E-state index contributed by atoms with van der Waals surface area (Å²) >= 11 is 0.250. The molecule has 10 N–H and O–H groups in total. The number of rotatable bonds is 11. The van der Waals surface area contributed by atoms with E-state index in [1.54, 1.807) is 31.5 Å². The first-order valence-corrected chi connectivity index (χ1v) is 19.1. The molecule has 1 atom stereocenters. The van der Waals surface area contributed by atoms with Gasteiger partial charge >= 0.3 is 0 Å². The van der Waals surface area contributed by atoms with E-state index in [2.05, 4.69) is 71.2 Å². The zero-order valence-electron chi connectivity index (χ0n) is 35.6. The van der Waals surface area contributed by atoms with Crippen molar-refractivity contribution in [3.8, 4) is 5.75 Å². The molecular formula is C43H76N6O3S. The van der Waals surface area contributed by atoms with Crippen molar-refractivity contribution in [3.63, 3.8) is 0 Å². The van der Waals surface area contributed by atoms with Crippen molar-refractivity contribution in [3.05, 3.63) is 114 Å². The summed E-state index contributed by atoms with van der Waals surface area (Å²) in [6, 6.07) is 9.83. The lowest BCUT2D eigenvalue weighted by molar-refractivity contribution is 0.102. The van der Waals surface area contributed by atoms with Gasteiger partial charge in [0.05, 0.1) is 30.7 Å². The van der Waals surface area contributed by atoms with Gasteiger partial charge in [-0.25, -0.2) is 5.84 Å². The number of hydrazine groups is 1. The van der Waals surface area contributed by atoms with Gasteiger partial charge in [0, 0.05) is 29.9 Å². The summed E-state index contributed by atoms with van der Waals surface area (Å²) < 4.78 is 12.8. The first-order chi connectivity index (χ1) is 24.8. The van der Waals surface area contributed by atoms with Crippen LogP contribution in [0, 0.1) is 13.8 Å². The molecule has 9 nitrogen and oxygen atoms in total. The molecule has 0 saturated carbocycles. The molecule has 0 fully saturated rings. The predicted molar refractivity (Wildman–Crippen MR) is 238 cm³/mol. The van der Waals surface area contributed by atoms with Crippen molar-refractivity contribution in [1.82, 2.24) is 0 Å². The van der Waals surface area contributed by atoms with E-state index in [0.717, 1.165) is 28.7 Å². The van der Waals surface area contributed by atoms with Gasteiger partial charge in [-0.15, -0.1) is 0 Å². The highest BCUT2D eigenvalue weighted by molar-refractivity contribution is 7.91. The summed E-state index contributed by atoms with van der Waals surface area (Å²) in [5, 5.41) is 8.77. The van der Waals surface area contributed by atoms with Crippen LogP contribution in [0.15, 0.2) is 91.3 Å². The van der Waals surface area contributed by atoms with Crippen LogP contribution < -0.4 is 37.5 Å². The Kier molecular flexibility index (Phi) is 35.9. The fraction of sp³-hybridized carbons (Fsp3) is 0.465. The Morgan fingerprint density at radius 3 is 1.98 bits per heavy atom. The average Bonchev–Trinajstić information content (AvgIpc) is 3.09. The molecule has 302 valence electrons. The third kappa shape index (κ3) is 28.4.